The molecule has 1 amide bonds. The second-order valence-electron chi connectivity index (χ2n) is 6.34. The van der Waals surface area contributed by atoms with Gasteiger partial charge in [0.2, 0.25) is 5.91 Å². The van der Waals surface area contributed by atoms with E-state index >= 15 is 0 Å². The average molecular weight is 261 g/mol. The van der Waals surface area contributed by atoms with Gasteiger partial charge in [-0.25, -0.2) is 0 Å². The number of rotatable bonds is 1. The van der Waals surface area contributed by atoms with E-state index in [0.717, 1.165) is 51.7 Å². The maximum absolute atomic E-state index is 12.8. The van der Waals surface area contributed by atoms with E-state index < -0.39 is 5.41 Å². The van der Waals surface area contributed by atoms with Gasteiger partial charge in [0, 0.05) is 25.7 Å². The Hall–Kier alpha value is -1.08. The third-order valence-corrected chi connectivity index (χ3v) is 5.17. The van der Waals surface area contributed by atoms with Gasteiger partial charge in [-0.3, -0.25) is 9.69 Å². The molecule has 2 saturated heterocycles. The zero-order valence-electron chi connectivity index (χ0n) is 11.6. The molecule has 0 aromatic heterocycles. The van der Waals surface area contributed by atoms with E-state index in [4.69, 9.17) is 0 Å². The number of hydrogen-bond acceptors (Lipinski definition) is 3. The molecule has 4 heteroatoms. The Morgan fingerprint density at radius 3 is 2.58 bits per heavy atom. The summed E-state index contributed by atoms with van der Waals surface area (Å²) in [4.78, 5) is 17.3. The number of nitriles is 1. The number of nitrogens with zero attached hydrogens (tertiary/aromatic N) is 3. The van der Waals surface area contributed by atoms with Gasteiger partial charge >= 0.3 is 0 Å². The van der Waals surface area contributed by atoms with Gasteiger partial charge < -0.3 is 4.90 Å². The maximum Gasteiger partial charge on any atom is 0.243 e. The molecule has 1 unspecified atom stereocenters. The first-order chi connectivity index (χ1) is 9.25. The first kappa shape index (κ1) is 12.9. The second kappa shape index (κ2) is 5.13. The van der Waals surface area contributed by atoms with Crippen LogP contribution in [-0.4, -0.2) is 47.9 Å². The van der Waals surface area contributed by atoms with Crippen molar-refractivity contribution in [1.82, 2.24) is 9.80 Å². The van der Waals surface area contributed by atoms with Crippen LogP contribution < -0.4 is 0 Å². The van der Waals surface area contributed by atoms with Gasteiger partial charge in [-0.05, 0) is 38.6 Å². The van der Waals surface area contributed by atoms with Crippen molar-refractivity contribution in [2.24, 2.45) is 5.41 Å². The number of fused-ring (bicyclic) bond motifs is 1. The van der Waals surface area contributed by atoms with Gasteiger partial charge in [0.15, 0.2) is 0 Å². The molecule has 1 aliphatic carbocycles. The van der Waals surface area contributed by atoms with Crippen LogP contribution in [0.2, 0.25) is 0 Å². The summed E-state index contributed by atoms with van der Waals surface area (Å²) in [5.41, 5.74) is -0.687. The molecule has 3 aliphatic rings. The summed E-state index contributed by atoms with van der Waals surface area (Å²) in [5.74, 6) is 0.126. The number of amides is 1. The molecule has 0 aromatic carbocycles. The molecular formula is C15H23N3O. The minimum absolute atomic E-state index is 0.126. The Morgan fingerprint density at radius 1 is 1.11 bits per heavy atom. The molecule has 3 fully saturated rings. The Morgan fingerprint density at radius 2 is 1.84 bits per heavy atom. The molecule has 19 heavy (non-hydrogen) atoms. The number of carbonyl (C=O) groups is 1. The van der Waals surface area contributed by atoms with E-state index in [1.165, 1.54) is 19.4 Å². The molecule has 3 rings (SSSR count). The normalized spacial score (nSPS) is 30.7. The fourth-order valence-electron chi connectivity index (χ4n) is 4.05. The molecule has 1 atom stereocenters. The molecule has 0 radical (unpaired) electrons. The SMILES string of the molecule is N#CC1(C(=O)N2CCCN3CCCC3C2)CCCC1. The van der Waals surface area contributed by atoms with Gasteiger partial charge in [0.1, 0.15) is 5.41 Å². The van der Waals surface area contributed by atoms with E-state index in [2.05, 4.69) is 11.0 Å². The molecule has 104 valence electrons. The van der Waals surface area contributed by atoms with Gasteiger partial charge in [0.05, 0.1) is 6.07 Å². The standard InChI is InChI=1S/C15H23N3O/c16-12-15(6-1-2-7-15)14(19)18-10-4-9-17-8-3-5-13(17)11-18/h13H,1-11H2. The van der Waals surface area contributed by atoms with E-state index in [1.807, 2.05) is 4.90 Å². The zero-order valence-corrected chi connectivity index (χ0v) is 11.6. The van der Waals surface area contributed by atoms with Crippen molar-refractivity contribution < 1.29 is 4.79 Å². The monoisotopic (exact) mass is 261 g/mol. The van der Waals surface area contributed by atoms with E-state index in [9.17, 15) is 10.1 Å². The summed E-state index contributed by atoms with van der Waals surface area (Å²) >= 11 is 0. The van der Waals surface area contributed by atoms with Crippen LogP contribution >= 0.6 is 0 Å². The van der Waals surface area contributed by atoms with Crippen LogP contribution in [0.5, 0.6) is 0 Å². The minimum atomic E-state index is -0.687. The topological polar surface area (TPSA) is 47.3 Å². The molecule has 0 N–H and O–H groups in total. The Labute approximate surface area is 115 Å². The van der Waals surface area contributed by atoms with Crippen molar-refractivity contribution in [2.45, 2.75) is 51.0 Å². The first-order valence-corrected chi connectivity index (χ1v) is 7.70. The lowest BCUT2D eigenvalue weighted by Gasteiger charge is -2.31. The van der Waals surface area contributed by atoms with Crippen LogP contribution in [0.3, 0.4) is 0 Å². The smallest absolute Gasteiger partial charge is 0.243 e. The molecule has 0 spiro atoms. The summed E-state index contributed by atoms with van der Waals surface area (Å²) in [7, 11) is 0. The highest BCUT2D eigenvalue weighted by molar-refractivity contribution is 5.86. The number of hydrogen-bond donors (Lipinski definition) is 0. The highest BCUT2D eigenvalue weighted by Crippen LogP contribution is 2.39. The van der Waals surface area contributed by atoms with Gasteiger partial charge in [-0.2, -0.15) is 5.26 Å². The lowest BCUT2D eigenvalue weighted by Crippen LogP contribution is -2.46. The quantitative estimate of drug-likeness (QED) is 0.722. The summed E-state index contributed by atoms with van der Waals surface area (Å²) in [6.07, 6.45) is 7.13. The third kappa shape index (κ3) is 2.25. The van der Waals surface area contributed by atoms with Crippen molar-refractivity contribution >= 4 is 5.91 Å². The minimum Gasteiger partial charge on any atom is -0.340 e. The van der Waals surface area contributed by atoms with Crippen molar-refractivity contribution in [1.29, 1.82) is 5.26 Å². The Balaban J connectivity index is 1.74. The largest absolute Gasteiger partial charge is 0.340 e. The van der Waals surface area contributed by atoms with Crippen LogP contribution in [0.25, 0.3) is 0 Å². The molecule has 0 aromatic rings. The fraction of sp³-hybridized carbons (Fsp3) is 0.867. The molecular weight excluding hydrogens is 238 g/mol. The highest BCUT2D eigenvalue weighted by atomic mass is 16.2. The Bertz CT molecular complexity index is 395. The predicted molar refractivity (Wildman–Crippen MR) is 72.3 cm³/mol. The number of carbonyl (C=O) groups excluding carboxylic acids is 1. The first-order valence-electron chi connectivity index (χ1n) is 7.70. The third-order valence-electron chi connectivity index (χ3n) is 5.17. The zero-order chi connectivity index (χ0) is 13.3. The lowest BCUT2D eigenvalue weighted by molar-refractivity contribution is -0.139. The molecule has 0 bridgehead atoms. The van der Waals surface area contributed by atoms with Gasteiger partial charge in [0.25, 0.3) is 0 Å². The maximum atomic E-state index is 12.8. The van der Waals surface area contributed by atoms with Crippen molar-refractivity contribution in [3.05, 3.63) is 0 Å². The van der Waals surface area contributed by atoms with E-state index in [1.54, 1.807) is 0 Å². The van der Waals surface area contributed by atoms with Crippen LogP contribution in [-0.2, 0) is 4.79 Å². The van der Waals surface area contributed by atoms with Crippen molar-refractivity contribution in [3.63, 3.8) is 0 Å². The van der Waals surface area contributed by atoms with E-state index in [-0.39, 0.29) is 5.91 Å². The molecule has 1 saturated carbocycles. The summed E-state index contributed by atoms with van der Waals surface area (Å²) < 4.78 is 0. The van der Waals surface area contributed by atoms with Gasteiger partial charge in [-0.1, -0.05) is 12.8 Å². The molecule has 2 heterocycles. The molecule has 4 nitrogen and oxygen atoms in total. The summed E-state index contributed by atoms with van der Waals surface area (Å²) in [6.45, 7) is 4.00. The van der Waals surface area contributed by atoms with Crippen LogP contribution in [0, 0.1) is 16.7 Å². The van der Waals surface area contributed by atoms with Crippen LogP contribution in [0.15, 0.2) is 0 Å². The van der Waals surface area contributed by atoms with Crippen molar-refractivity contribution in [2.75, 3.05) is 26.2 Å². The Kier molecular flexibility index (Phi) is 3.49. The van der Waals surface area contributed by atoms with Crippen LogP contribution in [0.1, 0.15) is 44.9 Å². The van der Waals surface area contributed by atoms with Crippen molar-refractivity contribution in [3.8, 4) is 6.07 Å². The average Bonchev–Trinajstić information content (AvgIpc) is 3.04. The highest BCUT2D eigenvalue weighted by Gasteiger charge is 2.45. The van der Waals surface area contributed by atoms with Crippen LogP contribution in [0.4, 0.5) is 0 Å². The fourth-order valence-corrected chi connectivity index (χ4v) is 4.05. The van der Waals surface area contributed by atoms with Gasteiger partial charge in [-0.15, -0.1) is 0 Å². The summed E-state index contributed by atoms with van der Waals surface area (Å²) in [6, 6.07) is 2.89. The molecule has 2 aliphatic heterocycles. The second-order valence-corrected chi connectivity index (χ2v) is 6.34. The lowest BCUT2D eigenvalue weighted by atomic mass is 9.86. The van der Waals surface area contributed by atoms with E-state index in [0.29, 0.717) is 6.04 Å². The summed E-state index contributed by atoms with van der Waals surface area (Å²) in [5, 5.41) is 9.47. The predicted octanol–water partition coefficient (Wildman–Crippen LogP) is 1.77.